The SMILES string of the molecule is Cc1ccc(F)cc1C(O)c1ccc(Br)cn1. The molecule has 0 saturated heterocycles. The van der Waals surface area contributed by atoms with Gasteiger partial charge in [0.15, 0.2) is 0 Å². The number of hydrogen-bond donors (Lipinski definition) is 1. The summed E-state index contributed by atoms with van der Waals surface area (Å²) < 4.78 is 14.0. The fourth-order valence-corrected chi connectivity index (χ4v) is 1.85. The zero-order valence-electron chi connectivity index (χ0n) is 9.19. The molecule has 0 aliphatic rings. The zero-order chi connectivity index (χ0) is 12.4. The second-order valence-corrected chi connectivity index (χ2v) is 4.72. The molecule has 0 amide bonds. The van der Waals surface area contributed by atoms with E-state index in [0.29, 0.717) is 11.3 Å². The molecule has 2 aromatic rings. The van der Waals surface area contributed by atoms with Crippen LogP contribution in [0.3, 0.4) is 0 Å². The van der Waals surface area contributed by atoms with Crippen LogP contribution in [0.25, 0.3) is 0 Å². The molecule has 0 spiro atoms. The van der Waals surface area contributed by atoms with E-state index < -0.39 is 6.10 Å². The standard InChI is InChI=1S/C13H11BrFNO/c1-8-2-4-10(15)6-11(8)13(17)12-5-3-9(14)7-16-12/h2-7,13,17H,1H3. The van der Waals surface area contributed by atoms with Gasteiger partial charge >= 0.3 is 0 Å². The molecule has 0 fully saturated rings. The quantitative estimate of drug-likeness (QED) is 0.921. The van der Waals surface area contributed by atoms with Crippen LogP contribution in [0.1, 0.15) is 22.9 Å². The van der Waals surface area contributed by atoms with Crippen LogP contribution in [0.5, 0.6) is 0 Å². The van der Waals surface area contributed by atoms with Crippen molar-refractivity contribution in [1.82, 2.24) is 4.98 Å². The van der Waals surface area contributed by atoms with Crippen molar-refractivity contribution in [2.45, 2.75) is 13.0 Å². The summed E-state index contributed by atoms with van der Waals surface area (Å²) in [6, 6.07) is 7.86. The van der Waals surface area contributed by atoms with Crippen LogP contribution >= 0.6 is 15.9 Å². The van der Waals surface area contributed by atoms with E-state index in [1.807, 2.05) is 6.92 Å². The van der Waals surface area contributed by atoms with Gasteiger partial charge in [-0.3, -0.25) is 4.98 Å². The third kappa shape index (κ3) is 2.70. The first-order valence-electron chi connectivity index (χ1n) is 5.13. The number of aromatic nitrogens is 1. The number of pyridine rings is 1. The smallest absolute Gasteiger partial charge is 0.123 e. The highest BCUT2D eigenvalue weighted by molar-refractivity contribution is 9.10. The lowest BCUT2D eigenvalue weighted by atomic mass is 10.0. The Kier molecular flexibility index (Phi) is 3.54. The Hall–Kier alpha value is -1.26. The summed E-state index contributed by atoms with van der Waals surface area (Å²) >= 11 is 3.27. The summed E-state index contributed by atoms with van der Waals surface area (Å²) in [7, 11) is 0. The molecule has 88 valence electrons. The Morgan fingerprint density at radius 1 is 1.29 bits per heavy atom. The molecule has 0 aliphatic carbocycles. The molecule has 1 atom stereocenters. The monoisotopic (exact) mass is 295 g/mol. The van der Waals surface area contributed by atoms with Crippen LogP contribution in [0.2, 0.25) is 0 Å². The number of aliphatic hydroxyl groups is 1. The first kappa shape index (κ1) is 12.2. The average Bonchev–Trinajstić information content (AvgIpc) is 2.32. The number of halogens is 2. The molecular formula is C13H11BrFNO. The third-order valence-electron chi connectivity index (χ3n) is 2.57. The summed E-state index contributed by atoms with van der Waals surface area (Å²) in [5.41, 5.74) is 1.88. The van der Waals surface area contributed by atoms with Gasteiger partial charge < -0.3 is 5.11 Å². The minimum absolute atomic E-state index is 0.359. The first-order chi connectivity index (χ1) is 8.08. The van der Waals surface area contributed by atoms with E-state index in [2.05, 4.69) is 20.9 Å². The number of nitrogens with zero attached hydrogens (tertiary/aromatic N) is 1. The summed E-state index contributed by atoms with van der Waals surface area (Å²) in [6.45, 7) is 1.83. The largest absolute Gasteiger partial charge is 0.382 e. The predicted molar refractivity (Wildman–Crippen MR) is 67.1 cm³/mol. The van der Waals surface area contributed by atoms with Crippen molar-refractivity contribution in [3.05, 3.63) is 63.6 Å². The lowest BCUT2D eigenvalue weighted by Crippen LogP contribution is -2.04. The Labute approximate surface area is 107 Å². The van der Waals surface area contributed by atoms with Crippen molar-refractivity contribution in [2.24, 2.45) is 0 Å². The van der Waals surface area contributed by atoms with E-state index in [4.69, 9.17) is 0 Å². The van der Waals surface area contributed by atoms with Crippen LogP contribution in [0.15, 0.2) is 41.0 Å². The van der Waals surface area contributed by atoms with Crippen LogP contribution in [0.4, 0.5) is 4.39 Å². The topological polar surface area (TPSA) is 33.1 Å². The van der Waals surface area contributed by atoms with Crippen LogP contribution in [-0.2, 0) is 0 Å². The maximum Gasteiger partial charge on any atom is 0.123 e. The van der Waals surface area contributed by atoms with Gasteiger partial charge in [-0.15, -0.1) is 0 Å². The lowest BCUT2D eigenvalue weighted by Gasteiger charge is -2.13. The lowest BCUT2D eigenvalue weighted by molar-refractivity contribution is 0.214. The molecular weight excluding hydrogens is 285 g/mol. The van der Waals surface area contributed by atoms with Crippen LogP contribution in [-0.4, -0.2) is 10.1 Å². The molecule has 1 aromatic carbocycles. The van der Waals surface area contributed by atoms with E-state index in [-0.39, 0.29) is 5.82 Å². The molecule has 1 unspecified atom stereocenters. The van der Waals surface area contributed by atoms with Crippen molar-refractivity contribution < 1.29 is 9.50 Å². The molecule has 2 rings (SSSR count). The Morgan fingerprint density at radius 3 is 2.71 bits per heavy atom. The van der Waals surface area contributed by atoms with E-state index in [1.54, 1.807) is 24.4 Å². The molecule has 4 heteroatoms. The Balaban J connectivity index is 2.39. The maximum atomic E-state index is 13.1. The van der Waals surface area contributed by atoms with E-state index in [9.17, 15) is 9.50 Å². The highest BCUT2D eigenvalue weighted by atomic mass is 79.9. The molecule has 2 nitrogen and oxygen atoms in total. The number of rotatable bonds is 2. The van der Waals surface area contributed by atoms with E-state index >= 15 is 0 Å². The number of benzene rings is 1. The normalized spacial score (nSPS) is 12.5. The van der Waals surface area contributed by atoms with Gasteiger partial charge in [0, 0.05) is 10.7 Å². The average molecular weight is 296 g/mol. The van der Waals surface area contributed by atoms with Crippen molar-refractivity contribution >= 4 is 15.9 Å². The summed E-state index contributed by atoms with van der Waals surface area (Å²) in [5, 5.41) is 10.1. The van der Waals surface area contributed by atoms with Crippen molar-refractivity contribution in [3.63, 3.8) is 0 Å². The molecule has 0 aliphatic heterocycles. The van der Waals surface area contributed by atoms with E-state index in [1.165, 1.54) is 12.1 Å². The van der Waals surface area contributed by atoms with Crippen LogP contribution < -0.4 is 0 Å². The van der Waals surface area contributed by atoms with Gasteiger partial charge in [-0.1, -0.05) is 6.07 Å². The van der Waals surface area contributed by atoms with Gasteiger partial charge in [-0.2, -0.15) is 0 Å². The number of aryl methyl sites for hydroxylation is 1. The zero-order valence-corrected chi connectivity index (χ0v) is 10.8. The molecule has 1 heterocycles. The highest BCUT2D eigenvalue weighted by Gasteiger charge is 2.14. The first-order valence-corrected chi connectivity index (χ1v) is 5.93. The van der Waals surface area contributed by atoms with Gasteiger partial charge in [-0.05, 0) is 58.2 Å². The fourth-order valence-electron chi connectivity index (χ4n) is 1.61. The third-order valence-corrected chi connectivity index (χ3v) is 3.04. The van der Waals surface area contributed by atoms with E-state index in [0.717, 1.165) is 10.0 Å². The van der Waals surface area contributed by atoms with Gasteiger partial charge in [0.05, 0.1) is 5.69 Å². The summed E-state index contributed by atoms with van der Waals surface area (Å²) in [5.74, 6) is -0.359. The van der Waals surface area contributed by atoms with Gasteiger partial charge in [0.1, 0.15) is 11.9 Å². The predicted octanol–water partition coefficient (Wildman–Crippen LogP) is 3.37. The number of hydrogen-bond acceptors (Lipinski definition) is 2. The number of aliphatic hydroxyl groups excluding tert-OH is 1. The summed E-state index contributed by atoms with van der Waals surface area (Å²) in [6.07, 6.45) is 0.700. The second-order valence-electron chi connectivity index (χ2n) is 3.80. The summed E-state index contributed by atoms with van der Waals surface area (Å²) in [4.78, 5) is 4.11. The van der Waals surface area contributed by atoms with Crippen molar-refractivity contribution in [1.29, 1.82) is 0 Å². The van der Waals surface area contributed by atoms with Crippen molar-refractivity contribution in [3.8, 4) is 0 Å². The molecule has 1 N–H and O–H groups in total. The molecule has 1 aromatic heterocycles. The minimum Gasteiger partial charge on any atom is -0.382 e. The Morgan fingerprint density at radius 2 is 2.06 bits per heavy atom. The molecule has 0 bridgehead atoms. The molecule has 0 radical (unpaired) electrons. The minimum atomic E-state index is -0.904. The van der Waals surface area contributed by atoms with Gasteiger partial charge in [0.2, 0.25) is 0 Å². The maximum absolute atomic E-state index is 13.1. The highest BCUT2D eigenvalue weighted by Crippen LogP contribution is 2.24. The fraction of sp³-hybridized carbons (Fsp3) is 0.154. The second kappa shape index (κ2) is 4.94. The van der Waals surface area contributed by atoms with Crippen LogP contribution in [0, 0.1) is 12.7 Å². The van der Waals surface area contributed by atoms with Gasteiger partial charge in [0.25, 0.3) is 0 Å². The van der Waals surface area contributed by atoms with Crippen molar-refractivity contribution in [2.75, 3.05) is 0 Å². The molecule has 17 heavy (non-hydrogen) atoms. The Bertz CT molecular complexity index is 527. The molecule has 0 saturated carbocycles. The van der Waals surface area contributed by atoms with Gasteiger partial charge in [-0.25, -0.2) is 4.39 Å².